The molecule has 3 heterocycles. The number of rotatable bonds is 8. The molecule has 0 aliphatic heterocycles. The van der Waals surface area contributed by atoms with Crippen LogP contribution < -0.4 is 10.6 Å². The van der Waals surface area contributed by atoms with E-state index in [1.54, 1.807) is 24.3 Å². The minimum atomic E-state index is -0.170. The summed E-state index contributed by atoms with van der Waals surface area (Å²) in [5, 5.41) is 20.9. The first kappa shape index (κ1) is 25.7. The highest BCUT2D eigenvalue weighted by Crippen LogP contribution is 2.36. The Hall–Kier alpha value is -3.96. The number of hydrogen-bond acceptors (Lipinski definition) is 7. The third kappa shape index (κ3) is 5.20. The number of carbonyl (C=O) groups excluding carboxylic acids is 2. The van der Waals surface area contributed by atoms with Gasteiger partial charge in [0.25, 0.3) is 0 Å². The first-order chi connectivity index (χ1) is 18.3. The SMILES string of the molecule is CCC(=O)Nc1cc(NC(=O)CSc2nnc(-c3cc4c(C)nn(-c5ccccc5)c4s3)n2C)ccc1C. The fourth-order valence-electron chi connectivity index (χ4n) is 3.96. The number of carbonyl (C=O) groups is 2. The lowest BCUT2D eigenvalue weighted by atomic mass is 10.1. The van der Waals surface area contributed by atoms with Crippen molar-refractivity contribution >= 4 is 56.5 Å². The Balaban J connectivity index is 1.29. The standard InChI is InChI=1S/C27H27N7O2S2/c1-5-23(35)29-21-13-18(12-11-16(21)2)28-24(36)15-37-27-31-30-25(33(27)4)22-14-20-17(3)32-34(26(20)38-22)19-9-7-6-8-10-19/h6-14H,5,15H2,1-4H3,(H,28,36)(H,29,35). The van der Waals surface area contributed by atoms with E-state index in [0.29, 0.717) is 23.0 Å². The van der Waals surface area contributed by atoms with Gasteiger partial charge in [0.1, 0.15) is 4.83 Å². The Bertz CT molecular complexity index is 1640. The number of thioether (sulfide) groups is 1. The van der Waals surface area contributed by atoms with Crippen molar-refractivity contribution in [1.82, 2.24) is 24.5 Å². The summed E-state index contributed by atoms with van der Waals surface area (Å²) < 4.78 is 3.86. The zero-order valence-corrected chi connectivity index (χ0v) is 23.1. The molecule has 5 aromatic rings. The Morgan fingerprint density at radius 2 is 1.79 bits per heavy atom. The normalized spacial score (nSPS) is 11.2. The quantitative estimate of drug-likeness (QED) is 0.247. The monoisotopic (exact) mass is 545 g/mol. The van der Waals surface area contributed by atoms with Crippen LogP contribution in [-0.2, 0) is 16.6 Å². The summed E-state index contributed by atoms with van der Waals surface area (Å²) in [7, 11) is 1.90. The molecule has 0 spiro atoms. The Morgan fingerprint density at radius 1 is 1.00 bits per heavy atom. The van der Waals surface area contributed by atoms with Crippen LogP contribution in [0.1, 0.15) is 24.6 Å². The second-order valence-electron chi connectivity index (χ2n) is 8.80. The van der Waals surface area contributed by atoms with Crippen LogP contribution in [0.2, 0.25) is 0 Å². The molecule has 0 fully saturated rings. The van der Waals surface area contributed by atoms with E-state index in [1.807, 2.05) is 72.6 Å². The predicted molar refractivity (Wildman–Crippen MR) is 153 cm³/mol. The van der Waals surface area contributed by atoms with E-state index in [1.165, 1.54) is 11.8 Å². The molecular formula is C27H27N7O2S2. The van der Waals surface area contributed by atoms with E-state index in [0.717, 1.165) is 37.9 Å². The lowest BCUT2D eigenvalue weighted by molar-refractivity contribution is -0.116. The Labute approximate surface area is 228 Å². The molecule has 5 rings (SSSR count). The van der Waals surface area contributed by atoms with E-state index >= 15 is 0 Å². The second kappa shape index (κ2) is 10.8. The number of fused-ring (bicyclic) bond motifs is 1. The molecule has 0 unspecified atom stereocenters. The van der Waals surface area contributed by atoms with Gasteiger partial charge in [-0.15, -0.1) is 21.5 Å². The summed E-state index contributed by atoms with van der Waals surface area (Å²) >= 11 is 2.93. The van der Waals surface area contributed by atoms with E-state index in [-0.39, 0.29) is 17.6 Å². The smallest absolute Gasteiger partial charge is 0.234 e. The van der Waals surface area contributed by atoms with E-state index in [9.17, 15) is 9.59 Å². The molecule has 0 aliphatic rings. The molecular weight excluding hydrogens is 518 g/mol. The third-order valence-electron chi connectivity index (χ3n) is 6.05. The average molecular weight is 546 g/mol. The maximum Gasteiger partial charge on any atom is 0.234 e. The number of aryl methyl sites for hydroxylation is 2. The van der Waals surface area contributed by atoms with Crippen molar-refractivity contribution in [2.75, 3.05) is 16.4 Å². The Morgan fingerprint density at radius 3 is 2.55 bits per heavy atom. The highest BCUT2D eigenvalue weighted by atomic mass is 32.2. The van der Waals surface area contributed by atoms with Crippen molar-refractivity contribution in [3.05, 3.63) is 65.9 Å². The highest BCUT2D eigenvalue weighted by molar-refractivity contribution is 7.99. The first-order valence-electron chi connectivity index (χ1n) is 12.1. The molecule has 3 aromatic heterocycles. The van der Waals surface area contributed by atoms with Gasteiger partial charge in [0.05, 0.1) is 22.0 Å². The number of benzene rings is 2. The van der Waals surface area contributed by atoms with Crippen molar-refractivity contribution in [3.8, 4) is 16.4 Å². The molecule has 11 heteroatoms. The van der Waals surface area contributed by atoms with Gasteiger partial charge in [0, 0.05) is 30.2 Å². The number of anilines is 2. The maximum absolute atomic E-state index is 12.7. The van der Waals surface area contributed by atoms with Crippen LogP contribution in [0.25, 0.3) is 26.6 Å². The van der Waals surface area contributed by atoms with Crippen molar-refractivity contribution in [2.24, 2.45) is 7.05 Å². The number of amides is 2. The van der Waals surface area contributed by atoms with Crippen LogP contribution in [0.5, 0.6) is 0 Å². The molecule has 9 nitrogen and oxygen atoms in total. The third-order valence-corrected chi connectivity index (χ3v) is 8.18. The van der Waals surface area contributed by atoms with Crippen molar-refractivity contribution in [3.63, 3.8) is 0 Å². The number of nitrogens with one attached hydrogen (secondary N) is 2. The molecule has 2 aromatic carbocycles. The molecule has 194 valence electrons. The van der Waals surface area contributed by atoms with Gasteiger partial charge in [0.2, 0.25) is 11.8 Å². The summed E-state index contributed by atoms with van der Waals surface area (Å²) in [4.78, 5) is 26.5. The van der Waals surface area contributed by atoms with E-state index in [2.05, 4.69) is 26.9 Å². The molecule has 0 bridgehead atoms. The first-order valence-corrected chi connectivity index (χ1v) is 13.9. The summed E-state index contributed by atoms with van der Waals surface area (Å²) in [6.07, 6.45) is 0.388. The lowest BCUT2D eigenvalue weighted by Gasteiger charge is -2.11. The molecule has 2 N–H and O–H groups in total. The lowest BCUT2D eigenvalue weighted by Crippen LogP contribution is -2.15. The number of thiophene rings is 1. The molecule has 2 amide bonds. The highest BCUT2D eigenvalue weighted by Gasteiger charge is 2.19. The van der Waals surface area contributed by atoms with Gasteiger partial charge in [-0.25, -0.2) is 4.68 Å². The topological polar surface area (TPSA) is 107 Å². The summed E-state index contributed by atoms with van der Waals surface area (Å²) in [5.74, 6) is 0.668. The van der Waals surface area contributed by atoms with E-state index in [4.69, 9.17) is 5.10 Å². The maximum atomic E-state index is 12.7. The van der Waals surface area contributed by atoms with Crippen LogP contribution in [0.3, 0.4) is 0 Å². The second-order valence-corrected chi connectivity index (χ2v) is 10.8. The van der Waals surface area contributed by atoms with Gasteiger partial charge in [-0.3, -0.25) is 9.59 Å². The van der Waals surface area contributed by atoms with Gasteiger partial charge in [-0.1, -0.05) is 43.0 Å². The van der Waals surface area contributed by atoms with Crippen LogP contribution in [0, 0.1) is 13.8 Å². The minimum Gasteiger partial charge on any atom is -0.326 e. The van der Waals surface area contributed by atoms with Gasteiger partial charge in [0.15, 0.2) is 11.0 Å². The molecule has 0 saturated carbocycles. The molecule has 38 heavy (non-hydrogen) atoms. The largest absolute Gasteiger partial charge is 0.326 e. The van der Waals surface area contributed by atoms with Crippen LogP contribution >= 0.6 is 23.1 Å². The number of hydrogen-bond donors (Lipinski definition) is 2. The summed E-state index contributed by atoms with van der Waals surface area (Å²) in [6.45, 7) is 5.71. The van der Waals surface area contributed by atoms with Crippen LogP contribution in [0.4, 0.5) is 11.4 Å². The fourth-order valence-corrected chi connectivity index (χ4v) is 5.87. The average Bonchev–Trinajstić information content (AvgIpc) is 3.59. The van der Waals surface area contributed by atoms with E-state index < -0.39 is 0 Å². The minimum absolute atomic E-state index is 0.0728. The van der Waals surface area contributed by atoms with Crippen LogP contribution in [0.15, 0.2) is 59.8 Å². The number of nitrogens with zero attached hydrogens (tertiary/aromatic N) is 5. The number of aromatic nitrogens is 5. The molecule has 0 radical (unpaired) electrons. The summed E-state index contributed by atoms with van der Waals surface area (Å²) in [6, 6.07) is 17.6. The zero-order valence-electron chi connectivity index (χ0n) is 21.5. The van der Waals surface area contributed by atoms with Crippen molar-refractivity contribution in [1.29, 1.82) is 0 Å². The van der Waals surface area contributed by atoms with Gasteiger partial charge < -0.3 is 15.2 Å². The van der Waals surface area contributed by atoms with Crippen molar-refractivity contribution < 1.29 is 9.59 Å². The van der Waals surface area contributed by atoms with Gasteiger partial charge >= 0.3 is 0 Å². The molecule has 0 atom stereocenters. The molecule has 0 aliphatic carbocycles. The van der Waals surface area contributed by atoms with Gasteiger partial charge in [-0.2, -0.15) is 5.10 Å². The van der Waals surface area contributed by atoms with Crippen molar-refractivity contribution in [2.45, 2.75) is 32.3 Å². The van der Waals surface area contributed by atoms with Gasteiger partial charge in [-0.05, 0) is 49.7 Å². The zero-order chi connectivity index (χ0) is 26.8. The van der Waals surface area contributed by atoms with Crippen LogP contribution in [-0.4, -0.2) is 42.1 Å². The Kier molecular flexibility index (Phi) is 7.30. The summed E-state index contributed by atoms with van der Waals surface area (Å²) in [5.41, 5.74) is 4.20. The molecule has 0 saturated heterocycles. The predicted octanol–water partition coefficient (Wildman–Crippen LogP) is 5.58. The number of para-hydroxylation sites is 1. The fraction of sp³-hybridized carbons (Fsp3) is 0.222.